The summed E-state index contributed by atoms with van der Waals surface area (Å²) in [6, 6.07) is 21.4. The van der Waals surface area contributed by atoms with Gasteiger partial charge in [-0.1, -0.05) is 74.5 Å². The summed E-state index contributed by atoms with van der Waals surface area (Å²) in [5.74, 6) is 1.60. The highest BCUT2D eigenvalue weighted by molar-refractivity contribution is 7.99. The molecule has 1 nitrogen and oxygen atoms in total. The Bertz CT molecular complexity index is 493. The number of hydrogen-bond acceptors (Lipinski definition) is 2. The van der Waals surface area contributed by atoms with Crippen molar-refractivity contribution in [3.8, 4) is 0 Å². The van der Waals surface area contributed by atoms with Crippen LogP contribution in [0.1, 0.15) is 31.4 Å². The van der Waals surface area contributed by atoms with Crippen LogP contribution in [0.5, 0.6) is 0 Å². The summed E-state index contributed by atoms with van der Waals surface area (Å²) in [6.45, 7) is 5.33. The molecule has 22 heavy (non-hydrogen) atoms. The van der Waals surface area contributed by atoms with Crippen molar-refractivity contribution in [2.45, 2.75) is 37.2 Å². The second-order valence-electron chi connectivity index (χ2n) is 6.18. The predicted molar refractivity (Wildman–Crippen MR) is 99.1 cm³/mol. The van der Waals surface area contributed by atoms with Gasteiger partial charge in [-0.2, -0.15) is 0 Å². The number of rotatable bonds is 8. The standard InChI is InChI=1S/C20H27NS/c1-17(2)20(16-21,14-13-18-9-5-3-6-10-18)22-15-19-11-7-4-8-12-19/h3-12,17H,13-16,21H2,1-2H3/t20-/m1/s1. The zero-order chi connectivity index (χ0) is 15.8. The second-order valence-corrected chi connectivity index (χ2v) is 7.57. The molecule has 2 N–H and O–H groups in total. The molecule has 0 saturated carbocycles. The molecule has 2 aromatic rings. The summed E-state index contributed by atoms with van der Waals surface area (Å²) in [7, 11) is 0. The third kappa shape index (κ3) is 4.62. The number of hydrogen-bond donors (Lipinski definition) is 1. The molecule has 0 amide bonds. The van der Waals surface area contributed by atoms with Crippen molar-refractivity contribution in [1.82, 2.24) is 0 Å². The number of nitrogens with two attached hydrogens (primary N) is 1. The third-order valence-electron chi connectivity index (χ3n) is 4.45. The van der Waals surface area contributed by atoms with Crippen molar-refractivity contribution < 1.29 is 0 Å². The molecule has 0 radical (unpaired) electrons. The topological polar surface area (TPSA) is 26.0 Å². The first-order valence-electron chi connectivity index (χ1n) is 8.08. The van der Waals surface area contributed by atoms with Crippen molar-refractivity contribution in [1.29, 1.82) is 0 Å². The van der Waals surface area contributed by atoms with Crippen LogP contribution in [0.25, 0.3) is 0 Å². The highest BCUT2D eigenvalue weighted by Crippen LogP contribution is 2.38. The predicted octanol–water partition coefficient (Wildman–Crippen LogP) is 4.91. The van der Waals surface area contributed by atoms with E-state index in [4.69, 9.17) is 5.73 Å². The van der Waals surface area contributed by atoms with Gasteiger partial charge in [0.15, 0.2) is 0 Å². The van der Waals surface area contributed by atoms with E-state index in [-0.39, 0.29) is 4.75 Å². The molecule has 0 aromatic heterocycles. The fraction of sp³-hybridized carbons (Fsp3) is 0.400. The van der Waals surface area contributed by atoms with Gasteiger partial charge in [-0.05, 0) is 29.9 Å². The van der Waals surface area contributed by atoms with Crippen molar-refractivity contribution in [2.24, 2.45) is 11.7 Å². The lowest BCUT2D eigenvalue weighted by Gasteiger charge is -2.36. The van der Waals surface area contributed by atoms with Crippen LogP contribution in [0.4, 0.5) is 0 Å². The number of benzene rings is 2. The van der Waals surface area contributed by atoms with Crippen LogP contribution in [0.15, 0.2) is 60.7 Å². The molecule has 0 aliphatic rings. The van der Waals surface area contributed by atoms with Gasteiger partial charge in [-0.3, -0.25) is 0 Å². The van der Waals surface area contributed by atoms with Crippen LogP contribution in [-0.2, 0) is 12.2 Å². The van der Waals surface area contributed by atoms with Crippen molar-refractivity contribution in [2.75, 3.05) is 6.54 Å². The molecular formula is C20H27NS. The molecule has 0 aliphatic heterocycles. The van der Waals surface area contributed by atoms with E-state index in [0.717, 1.165) is 25.1 Å². The van der Waals surface area contributed by atoms with E-state index < -0.39 is 0 Å². The molecule has 2 rings (SSSR count). The molecule has 0 spiro atoms. The van der Waals surface area contributed by atoms with Crippen molar-refractivity contribution in [3.05, 3.63) is 71.8 Å². The fourth-order valence-corrected chi connectivity index (χ4v) is 4.07. The minimum absolute atomic E-state index is 0.145. The Morgan fingerprint density at radius 3 is 1.95 bits per heavy atom. The zero-order valence-corrected chi connectivity index (χ0v) is 14.5. The zero-order valence-electron chi connectivity index (χ0n) is 13.7. The number of aryl methyl sites for hydroxylation is 1. The van der Waals surface area contributed by atoms with Crippen LogP contribution in [-0.4, -0.2) is 11.3 Å². The Morgan fingerprint density at radius 2 is 1.45 bits per heavy atom. The molecule has 118 valence electrons. The van der Waals surface area contributed by atoms with E-state index in [1.165, 1.54) is 11.1 Å². The monoisotopic (exact) mass is 313 g/mol. The lowest BCUT2D eigenvalue weighted by molar-refractivity contribution is 0.415. The van der Waals surface area contributed by atoms with E-state index in [1.54, 1.807) is 0 Å². The van der Waals surface area contributed by atoms with E-state index in [1.807, 2.05) is 11.8 Å². The smallest absolute Gasteiger partial charge is 0.0311 e. The van der Waals surface area contributed by atoms with E-state index in [0.29, 0.717) is 5.92 Å². The van der Waals surface area contributed by atoms with Gasteiger partial charge < -0.3 is 5.73 Å². The largest absolute Gasteiger partial charge is 0.329 e. The lowest BCUT2D eigenvalue weighted by atomic mass is 9.88. The van der Waals surface area contributed by atoms with E-state index >= 15 is 0 Å². The quantitative estimate of drug-likeness (QED) is 0.749. The van der Waals surface area contributed by atoms with Gasteiger partial charge in [-0.15, -0.1) is 11.8 Å². The Balaban J connectivity index is 2.03. The van der Waals surface area contributed by atoms with E-state index in [9.17, 15) is 0 Å². The van der Waals surface area contributed by atoms with Crippen LogP contribution in [0, 0.1) is 5.92 Å². The van der Waals surface area contributed by atoms with Gasteiger partial charge in [-0.25, -0.2) is 0 Å². The maximum Gasteiger partial charge on any atom is 0.0311 e. The average molecular weight is 314 g/mol. The summed E-state index contributed by atoms with van der Waals surface area (Å²) in [4.78, 5) is 0. The van der Waals surface area contributed by atoms with Crippen molar-refractivity contribution in [3.63, 3.8) is 0 Å². The maximum atomic E-state index is 6.22. The second kappa shape index (κ2) is 8.40. The normalized spacial score (nSPS) is 14.0. The molecule has 2 aromatic carbocycles. The summed E-state index contributed by atoms with van der Waals surface area (Å²) >= 11 is 2.02. The molecular weight excluding hydrogens is 286 g/mol. The molecule has 1 atom stereocenters. The SMILES string of the molecule is CC(C)[C@](CN)(CCc1ccccc1)SCc1ccccc1. The molecule has 0 fully saturated rings. The highest BCUT2D eigenvalue weighted by atomic mass is 32.2. The summed E-state index contributed by atoms with van der Waals surface area (Å²) < 4.78 is 0.145. The number of thioether (sulfide) groups is 1. The Kier molecular flexibility index (Phi) is 6.53. The maximum absolute atomic E-state index is 6.22. The minimum Gasteiger partial charge on any atom is -0.329 e. The molecule has 2 heteroatoms. The fourth-order valence-electron chi connectivity index (χ4n) is 2.73. The molecule has 0 aliphatic carbocycles. The molecule has 0 bridgehead atoms. The molecule has 0 unspecified atom stereocenters. The first-order valence-corrected chi connectivity index (χ1v) is 9.07. The van der Waals surface area contributed by atoms with Gasteiger partial charge >= 0.3 is 0 Å². The molecule has 0 saturated heterocycles. The summed E-state index contributed by atoms with van der Waals surface area (Å²) in [6.07, 6.45) is 2.22. The first-order chi connectivity index (χ1) is 10.7. The van der Waals surface area contributed by atoms with Crippen LogP contribution < -0.4 is 5.73 Å². The van der Waals surface area contributed by atoms with Gasteiger partial charge in [0.1, 0.15) is 0 Å². The molecule has 0 heterocycles. The van der Waals surface area contributed by atoms with Gasteiger partial charge in [0.05, 0.1) is 0 Å². The average Bonchev–Trinajstić information content (AvgIpc) is 2.57. The Labute approximate surface area is 139 Å². The van der Waals surface area contributed by atoms with E-state index in [2.05, 4.69) is 74.5 Å². The third-order valence-corrected chi connectivity index (χ3v) is 6.34. The summed E-state index contributed by atoms with van der Waals surface area (Å²) in [5.41, 5.74) is 9.00. The Morgan fingerprint density at radius 1 is 0.909 bits per heavy atom. The van der Waals surface area contributed by atoms with Gasteiger partial charge in [0.25, 0.3) is 0 Å². The highest BCUT2D eigenvalue weighted by Gasteiger charge is 2.32. The van der Waals surface area contributed by atoms with Crippen LogP contribution in [0.2, 0.25) is 0 Å². The van der Waals surface area contributed by atoms with Crippen molar-refractivity contribution >= 4 is 11.8 Å². The van der Waals surface area contributed by atoms with Crippen LogP contribution in [0.3, 0.4) is 0 Å². The minimum atomic E-state index is 0.145. The Hall–Kier alpha value is -1.25. The first kappa shape index (κ1) is 17.1. The van der Waals surface area contributed by atoms with Gasteiger partial charge in [0.2, 0.25) is 0 Å². The van der Waals surface area contributed by atoms with Crippen LogP contribution >= 0.6 is 11.8 Å². The summed E-state index contributed by atoms with van der Waals surface area (Å²) in [5, 5.41) is 0. The van der Waals surface area contributed by atoms with Gasteiger partial charge in [0, 0.05) is 17.0 Å². The lowest BCUT2D eigenvalue weighted by Crippen LogP contribution is -2.40.